The molecule has 4 aromatic rings. The van der Waals surface area contributed by atoms with Gasteiger partial charge in [0.1, 0.15) is 10.8 Å². The molecule has 0 spiro atoms. The lowest BCUT2D eigenvalue weighted by Gasteiger charge is -2.06. The van der Waals surface area contributed by atoms with Crippen molar-refractivity contribution in [3.8, 4) is 11.3 Å². The van der Waals surface area contributed by atoms with Crippen molar-refractivity contribution in [1.82, 2.24) is 14.6 Å². The minimum atomic E-state index is -0.274. The zero-order valence-corrected chi connectivity index (χ0v) is 14.5. The van der Waals surface area contributed by atoms with E-state index in [0.717, 1.165) is 39.3 Å². The van der Waals surface area contributed by atoms with Crippen molar-refractivity contribution < 1.29 is 9.18 Å². The third kappa shape index (κ3) is 3.34. The van der Waals surface area contributed by atoms with Gasteiger partial charge in [0.15, 0.2) is 0 Å². The molecular weight excluding hydrogens is 351 g/mol. The molecule has 0 saturated carbocycles. The Labute approximate surface area is 153 Å². The van der Waals surface area contributed by atoms with Crippen molar-refractivity contribution in [3.05, 3.63) is 66.1 Å². The molecule has 2 N–H and O–H groups in total. The van der Waals surface area contributed by atoms with Gasteiger partial charge in [-0.1, -0.05) is 22.7 Å². The number of H-pyrrole nitrogens is 1. The second kappa shape index (κ2) is 7.05. The van der Waals surface area contributed by atoms with Crippen LogP contribution in [-0.4, -0.2) is 20.5 Å². The number of fused-ring (bicyclic) bond motifs is 1. The van der Waals surface area contributed by atoms with E-state index in [1.165, 1.54) is 18.3 Å². The Morgan fingerprint density at radius 2 is 1.96 bits per heavy atom. The van der Waals surface area contributed by atoms with Crippen LogP contribution in [0.2, 0.25) is 0 Å². The standard InChI is InChI=1S/C19H15FN4OS/c20-13-7-5-12(6-8-13)19-15(14-3-1-2-4-16(14)22-19)9-10-17(25)23-18-11-21-24-26-18/h1-8,11,22H,9-10H2,(H,23,25). The number of anilines is 1. The summed E-state index contributed by atoms with van der Waals surface area (Å²) in [6.45, 7) is 0. The number of aromatic amines is 1. The van der Waals surface area contributed by atoms with Gasteiger partial charge in [-0.3, -0.25) is 4.79 Å². The highest BCUT2D eigenvalue weighted by Gasteiger charge is 2.15. The summed E-state index contributed by atoms with van der Waals surface area (Å²) in [5.41, 5.74) is 3.85. The third-order valence-corrected chi connectivity index (χ3v) is 4.75. The van der Waals surface area contributed by atoms with Gasteiger partial charge < -0.3 is 10.3 Å². The molecule has 7 heteroatoms. The lowest BCUT2D eigenvalue weighted by molar-refractivity contribution is -0.116. The Morgan fingerprint density at radius 1 is 1.15 bits per heavy atom. The highest BCUT2D eigenvalue weighted by molar-refractivity contribution is 7.10. The Kier molecular flexibility index (Phi) is 4.45. The summed E-state index contributed by atoms with van der Waals surface area (Å²) < 4.78 is 17.0. The van der Waals surface area contributed by atoms with Crippen molar-refractivity contribution in [2.45, 2.75) is 12.8 Å². The van der Waals surface area contributed by atoms with E-state index in [9.17, 15) is 9.18 Å². The van der Waals surface area contributed by atoms with Crippen molar-refractivity contribution in [2.75, 3.05) is 5.32 Å². The molecule has 5 nitrogen and oxygen atoms in total. The Balaban J connectivity index is 1.63. The number of nitrogens with one attached hydrogen (secondary N) is 2. The minimum Gasteiger partial charge on any atom is -0.354 e. The molecule has 0 aliphatic heterocycles. The first-order valence-electron chi connectivity index (χ1n) is 8.13. The van der Waals surface area contributed by atoms with Gasteiger partial charge in [0.25, 0.3) is 0 Å². The fraction of sp³-hybridized carbons (Fsp3) is 0.105. The van der Waals surface area contributed by atoms with Gasteiger partial charge in [-0.25, -0.2) is 4.39 Å². The minimum absolute atomic E-state index is 0.0913. The van der Waals surface area contributed by atoms with E-state index < -0.39 is 0 Å². The molecule has 2 heterocycles. The van der Waals surface area contributed by atoms with Gasteiger partial charge in [-0.2, -0.15) is 0 Å². The van der Waals surface area contributed by atoms with Gasteiger partial charge in [-0.15, -0.1) is 5.10 Å². The first-order valence-corrected chi connectivity index (χ1v) is 8.91. The van der Waals surface area contributed by atoms with E-state index in [-0.39, 0.29) is 11.7 Å². The number of hydrogen-bond donors (Lipinski definition) is 2. The average molecular weight is 366 g/mol. The van der Waals surface area contributed by atoms with Crippen LogP contribution in [0.1, 0.15) is 12.0 Å². The number of para-hydroxylation sites is 1. The van der Waals surface area contributed by atoms with Crippen LogP contribution in [0.5, 0.6) is 0 Å². The number of nitrogens with zero attached hydrogens (tertiary/aromatic N) is 2. The third-order valence-electron chi connectivity index (χ3n) is 4.17. The summed E-state index contributed by atoms with van der Waals surface area (Å²) in [5, 5.41) is 8.20. The number of halogens is 1. The molecule has 0 aliphatic rings. The number of rotatable bonds is 5. The fourth-order valence-corrected chi connectivity index (χ4v) is 3.42. The van der Waals surface area contributed by atoms with E-state index in [1.54, 1.807) is 12.1 Å². The molecule has 0 saturated heterocycles. The molecule has 130 valence electrons. The molecule has 1 amide bonds. The first-order chi connectivity index (χ1) is 12.7. The predicted octanol–water partition coefficient (Wildman–Crippen LogP) is 4.40. The fourth-order valence-electron chi connectivity index (χ4n) is 2.98. The summed E-state index contributed by atoms with van der Waals surface area (Å²) >= 11 is 1.14. The van der Waals surface area contributed by atoms with Crippen molar-refractivity contribution >= 4 is 33.3 Å². The number of hydrogen-bond acceptors (Lipinski definition) is 4. The van der Waals surface area contributed by atoms with Gasteiger partial charge in [0.2, 0.25) is 5.91 Å². The maximum absolute atomic E-state index is 13.3. The van der Waals surface area contributed by atoms with Crippen LogP contribution in [0, 0.1) is 5.82 Å². The van der Waals surface area contributed by atoms with Gasteiger partial charge in [0, 0.05) is 34.6 Å². The summed E-state index contributed by atoms with van der Waals surface area (Å²) in [6, 6.07) is 14.3. The highest BCUT2D eigenvalue weighted by Crippen LogP contribution is 2.31. The Morgan fingerprint density at radius 3 is 2.73 bits per heavy atom. The predicted molar refractivity (Wildman–Crippen MR) is 101 cm³/mol. The maximum Gasteiger partial charge on any atom is 0.225 e. The monoisotopic (exact) mass is 366 g/mol. The molecule has 4 rings (SSSR count). The van der Waals surface area contributed by atoms with Gasteiger partial charge in [-0.05, 0) is 47.9 Å². The largest absolute Gasteiger partial charge is 0.354 e. The SMILES string of the molecule is O=C(CCc1c(-c2ccc(F)cc2)[nH]c2ccccc12)Nc1cnns1. The first kappa shape index (κ1) is 16.4. The zero-order valence-electron chi connectivity index (χ0n) is 13.7. The number of amides is 1. The Hall–Kier alpha value is -3.06. The topological polar surface area (TPSA) is 70.7 Å². The number of aromatic nitrogens is 3. The molecule has 2 aromatic carbocycles. The van der Waals surface area contributed by atoms with Crippen LogP contribution < -0.4 is 5.32 Å². The van der Waals surface area contributed by atoms with E-state index in [0.29, 0.717) is 17.8 Å². The lowest BCUT2D eigenvalue weighted by atomic mass is 10.0. The van der Waals surface area contributed by atoms with Crippen LogP contribution in [0.25, 0.3) is 22.2 Å². The van der Waals surface area contributed by atoms with E-state index in [1.807, 2.05) is 24.3 Å². The van der Waals surface area contributed by atoms with Crippen molar-refractivity contribution in [2.24, 2.45) is 0 Å². The average Bonchev–Trinajstić information content (AvgIpc) is 3.28. The molecular formula is C19H15FN4OS. The summed E-state index contributed by atoms with van der Waals surface area (Å²) in [5.74, 6) is -0.365. The van der Waals surface area contributed by atoms with Crippen LogP contribution in [-0.2, 0) is 11.2 Å². The molecule has 0 atom stereocenters. The summed E-state index contributed by atoms with van der Waals surface area (Å²) in [7, 11) is 0. The zero-order chi connectivity index (χ0) is 17.9. The second-order valence-electron chi connectivity index (χ2n) is 5.86. The number of aryl methyl sites for hydroxylation is 1. The molecule has 0 bridgehead atoms. The van der Waals surface area contributed by atoms with E-state index in [2.05, 4.69) is 19.9 Å². The maximum atomic E-state index is 13.3. The summed E-state index contributed by atoms with van der Waals surface area (Å²) in [4.78, 5) is 15.6. The molecule has 0 unspecified atom stereocenters. The number of carbonyl (C=O) groups excluding carboxylic acids is 1. The van der Waals surface area contributed by atoms with Crippen LogP contribution >= 0.6 is 11.5 Å². The van der Waals surface area contributed by atoms with Crippen LogP contribution in [0.3, 0.4) is 0 Å². The molecule has 0 aliphatic carbocycles. The van der Waals surface area contributed by atoms with E-state index >= 15 is 0 Å². The van der Waals surface area contributed by atoms with E-state index in [4.69, 9.17) is 0 Å². The van der Waals surface area contributed by atoms with Crippen LogP contribution in [0.4, 0.5) is 9.39 Å². The van der Waals surface area contributed by atoms with Crippen molar-refractivity contribution in [1.29, 1.82) is 0 Å². The van der Waals surface area contributed by atoms with Gasteiger partial charge >= 0.3 is 0 Å². The second-order valence-corrected chi connectivity index (χ2v) is 6.65. The molecule has 0 fully saturated rings. The quantitative estimate of drug-likeness (QED) is 0.550. The van der Waals surface area contributed by atoms with Gasteiger partial charge in [0.05, 0.1) is 6.20 Å². The number of carbonyl (C=O) groups is 1. The molecule has 26 heavy (non-hydrogen) atoms. The Bertz CT molecular complexity index is 1040. The highest BCUT2D eigenvalue weighted by atomic mass is 32.1. The lowest BCUT2D eigenvalue weighted by Crippen LogP contribution is -2.11. The smallest absolute Gasteiger partial charge is 0.225 e. The van der Waals surface area contributed by atoms with Crippen LogP contribution in [0.15, 0.2) is 54.7 Å². The summed E-state index contributed by atoms with van der Waals surface area (Å²) in [6.07, 6.45) is 2.42. The number of benzene rings is 2. The normalized spacial score (nSPS) is 11.0. The molecule has 2 aromatic heterocycles. The van der Waals surface area contributed by atoms with Crippen molar-refractivity contribution in [3.63, 3.8) is 0 Å². The molecule has 0 radical (unpaired) electrons.